The second-order valence-electron chi connectivity index (χ2n) is 8.59. The molecule has 178 valence electrons. The zero-order valence-corrected chi connectivity index (χ0v) is 20.7. The average Bonchev–Trinajstić information content (AvgIpc) is 3.49. The predicted octanol–water partition coefficient (Wildman–Crippen LogP) is 2.60. The molecule has 1 saturated heterocycles. The Morgan fingerprint density at radius 1 is 0.971 bits per heavy atom. The van der Waals surface area contributed by atoms with Crippen molar-refractivity contribution in [1.29, 1.82) is 0 Å². The molecule has 1 fully saturated rings. The van der Waals surface area contributed by atoms with Crippen LogP contribution in [0.25, 0.3) is 11.4 Å². The van der Waals surface area contributed by atoms with E-state index < -0.39 is 10.0 Å². The minimum absolute atomic E-state index is 0.0242. The van der Waals surface area contributed by atoms with E-state index in [4.69, 9.17) is 0 Å². The van der Waals surface area contributed by atoms with Crippen LogP contribution in [0.3, 0.4) is 0 Å². The smallest absolute Gasteiger partial charge is 0.243 e. The van der Waals surface area contributed by atoms with Gasteiger partial charge in [0.1, 0.15) is 0 Å². The summed E-state index contributed by atoms with van der Waals surface area (Å²) in [5.41, 5.74) is 3.37. The van der Waals surface area contributed by atoms with Gasteiger partial charge >= 0.3 is 0 Å². The highest BCUT2D eigenvalue weighted by Gasteiger charge is 2.31. The molecule has 0 atom stereocenters. The van der Waals surface area contributed by atoms with Gasteiger partial charge in [-0.1, -0.05) is 48.2 Å². The Balaban J connectivity index is 1.17. The maximum atomic E-state index is 13.1. The number of rotatable bonds is 6. The molecule has 3 aromatic rings. The molecule has 1 aliphatic carbocycles. The van der Waals surface area contributed by atoms with E-state index in [2.05, 4.69) is 10.2 Å². The van der Waals surface area contributed by atoms with Crippen LogP contribution in [0.2, 0.25) is 0 Å². The van der Waals surface area contributed by atoms with E-state index in [0.29, 0.717) is 36.2 Å². The van der Waals surface area contributed by atoms with Gasteiger partial charge in [0.15, 0.2) is 11.0 Å². The van der Waals surface area contributed by atoms with E-state index in [9.17, 15) is 13.2 Å². The van der Waals surface area contributed by atoms with Gasteiger partial charge in [0.25, 0.3) is 0 Å². The maximum Gasteiger partial charge on any atom is 0.243 e. The first-order valence-electron chi connectivity index (χ1n) is 11.4. The Labute approximate surface area is 204 Å². The number of nitrogens with zero attached hydrogens (tertiary/aromatic N) is 5. The molecule has 2 aliphatic rings. The van der Waals surface area contributed by atoms with E-state index in [1.54, 1.807) is 11.0 Å². The number of piperazine rings is 1. The van der Waals surface area contributed by atoms with E-state index in [1.807, 2.05) is 54.1 Å². The van der Waals surface area contributed by atoms with Crippen LogP contribution in [0.5, 0.6) is 0 Å². The minimum atomic E-state index is -3.55. The number of hydrogen-bond acceptors (Lipinski definition) is 6. The first-order chi connectivity index (χ1) is 16.4. The van der Waals surface area contributed by atoms with Gasteiger partial charge in [0.2, 0.25) is 15.9 Å². The molecule has 34 heavy (non-hydrogen) atoms. The summed E-state index contributed by atoms with van der Waals surface area (Å²) in [4.78, 5) is 14.9. The van der Waals surface area contributed by atoms with Crippen molar-refractivity contribution >= 4 is 27.7 Å². The number of sulfonamides is 1. The van der Waals surface area contributed by atoms with Gasteiger partial charge < -0.3 is 9.47 Å². The summed E-state index contributed by atoms with van der Waals surface area (Å²) in [5, 5.41) is 9.16. The number of benzene rings is 2. The highest BCUT2D eigenvalue weighted by molar-refractivity contribution is 7.99. The minimum Gasteiger partial charge on any atom is -0.339 e. The van der Waals surface area contributed by atoms with Crippen LogP contribution in [-0.4, -0.2) is 70.2 Å². The summed E-state index contributed by atoms with van der Waals surface area (Å²) < 4.78 is 29.6. The van der Waals surface area contributed by atoms with E-state index >= 15 is 0 Å². The fourth-order valence-electron chi connectivity index (χ4n) is 4.53. The number of aromatic nitrogens is 3. The fourth-order valence-corrected chi connectivity index (χ4v) is 6.82. The van der Waals surface area contributed by atoms with Gasteiger partial charge in [-0.15, -0.1) is 10.2 Å². The lowest BCUT2D eigenvalue weighted by atomic mass is 10.1. The number of hydrogen-bond donors (Lipinski definition) is 0. The van der Waals surface area contributed by atoms with Crippen LogP contribution in [0, 0.1) is 0 Å². The molecule has 0 saturated carbocycles. The fraction of sp³-hybridized carbons (Fsp3) is 0.375. The molecule has 10 heteroatoms. The summed E-state index contributed by atoms with van der Waals surface area (Å²) >= 11 is 1.35. The van der Waals surface area contributed by atoms with Gasteiger partial charge in [-0.2, -0.15) is 4.31 Å². The standard InChI is InChI=1S/C24H27N5O3S2/c1-27-23(19-6-3-2-4-7-19)25-26-24(27)33-17-22(30)28-12-14-29(15-13-28)34(31,32)21-11-10-18-8-5-9-20(18)16-21/h2-4,6-7,10-11,16H,5,8-9,12-15,17H2,1H3. The molecule has 0 unspecified atom stereocenters. The van der Waals surface area contributed by atoms with Crippen molar-refractivity contribution in [3.05, 3.63) is 59.7 Å². The third-order valence-electron chi connectivity index (χ3n) is 6.49. The van der Waals surface area contributed by atoms with Crippen molar-refractivity contribution in [2.75, 3.05) is 31.9 Å². The first kappa shape index (κ1) is 23.1. The van der Waals surface area contributed by atoms with Crippen LogP contribution in [0.4, 0.5) is 0 Å². The van der Waals surface area contributed by atoms with Crippen molar-refractivity contribution < 1.29 is 13.2 Å². The molecule has 1 aliphatic heterocycles. The van der Waals surface area contributed by atoms with Crippen molar-refractivity contribution in [1.82, 2.24) is 24.0 Å². The number of carbonyl (C=O) groups excluding carboxylic acids is 1. The quantitative estimate of drug-likeness (QED) is 0.487. The van der Waals surface area contributed by atoms with Crippen molar-refractivity contribution in [3.8, 4) is 11.4 Å². The van der Waals surface area contributed by atoms with E-state index in [0.717, 1.165) is 36.2 Å². The molecule has 2 heterocycles. The summed E-state index contributed by atoms with van der Waals surface area (Å²) in [6.45, 7) is 1.38. The lowest BCUT2D eigenvalue weighted by molar-refractivity contribution is -0.129. The Kier molecular flexibility index (Phi) is 6.46. The van der Waals surface area contributed by atoms with Gasteiger partial charge in [0.05, 0.1) is 10.6 Å². The Hall–Kier alpha value is -2.69. The monoisotopic (exact) mass is 497 g/mol. The van der Waals surface area contributed by atoms with Crippen molar-refractivity contribution in [2.45, 2.75) is 29.3 Å². The van der Waals surface area contributed by atoms with Crippen LogP contribution in [0.15, 0.2) is 58.6 Å². The molecule has 8 nitrogen and oxygen atoms in total. The largest absolute Gasteiger partial charge is 0.339 e. The molecule has 5 rings (SSSR count). The highest BCUT2D eigenvalue weighted by Crippen LogP contribution is 2.27. The van der Waals surface area contributed by atoms with Crippen LogP contribution in [-0.2, 0) is 34.7 Å². The topological polar surface area (TPSA) is 88.4 Å². The first-order valence-corrected chi connectivity index (χ1v) is 13.8. The molecule has 0 radical (unpaired) electrons. The summed E-state index contributed by atoms with van der Waals surface area (Å²) in [7, 11) is -1.66. The van der Waals surface area contributed by atoms with E-state index in [1.165, 1.54) is 21.6 Å². The second kappa shape index (κ2) is 9.52. The van der Waals surface area contributed by atoms with Crippen LogP contribution in [0.1, 0.15) is 17.5 Å². The van der Waals surface area contributed by atoms with Crippen molar-refractivity contribution in [2.24, 2.45) is 7.05 Å². The molecular formula is C24H27N5O3S2. The zero-order chi connectivity index (χ0) is 23.7. The van der Waals surface area contributed by atoms with Gasteiger partial charge in [-0.3, -0.25) is 4.79 Å². The lowest BCUT2D eigenvalue weighted by Crippen LogP contribution is -2.51. The summed E-state index contributed by atoms with van der Waals surface area (Å²) in [6.07, 6.45) is 3.05. The van der Waals surface area contributed by atoms with Crippen molar-refractivity contribution in [3.63, 3.8) is 0 Å². The zero-order valence-electron chi connectivity index (χ0n) is 19.1. The van der Waals surface area contributed by atoms with Crippen LogP contribution < -0.4 is 0 Å². The molecular weight excluding hydrogens is 470 g/mol. The lowest BCUT2D eigenvalue weighted by Gasteiger charge is -2.34. The van der Waals surface area contributed by atoms with Gasteiger partial charge in [0, 0.05) is 38.8 Å². The Bertz CT molecular complexity index is 1300. The second-order valence-corrected chi connectivity index (χ2v) is 11.5. The molecule has 0 N–H and O–H groups in total. The third-order valence-corrected chi connectivity index (χ3v) is 9.39. The van der Waals surface area contributed by atoms with E-state index in [-0.39, 0.29) is 11.7 Å². The summed E-state index contributed by atoms with van der Waals surface area (Å²) in [6, 6.07) is 15.3. The SMILES string of the molecule is Cn1c(SCC(=O)N2CCN(S(=O)(=O)c3ccc4c(c3)CCC4)CC2)nnc1-c1ccccc1. The highest BCUT2D eigenvalue weighted by atomic mass is 32.2. The molecule has 1 amide bonds. The molecule has 1 aromatic heterocycles. The predicted molar refractivity (Wildman–Crippen MR) is 131 cm³/mol. The maximum absolute atomic E-state index is 13.1. The number of thioether (sulfide) groups is 1. The number of aryl methyl sites for hydroxylation is 2. The molecule has 0 bridgehead atoms. The van der Waals surface area contributed by atoms with Gasteiger partial charge in [-0.05, 0) is 42.5 Å². The number of fused-ring (bicyclic) bond motifs is 1. The normalized spacial score (nSPS) is 16.6. The number of amides is 1. The third kappa shape index (κ3) is 4.49. The summed E-state index contributed by atoms with van der Waals surface area (Å²) in [5.74, 6) is 0.961. The van der Waals surface area contributed by atoms with Gasteiger partial charge in [-0.25, -0.2) is 8.42 Å². The Morgan fingerprint density at radius 3 is 2.47 bits per heavy atom. The molecule has 2 aromatic carbocycles. The Morgan fingerprint density at radius 2 is 1.71 bits per heavy atom. The average molecular weight is 498 g/mol. The molecule has 0 spiro atoms. The van der Waals surface area contributed by atoms with Crippen LogP contribution >= 0.6 is 11.8 Å². The number of carbonyl (C=O) groups is 1.